The number of piperidine rings is 1. The first-order valence-electron chi connectivity index (χ1n) is 10.9. The average Bonchev–Trinajstić information content (AvgIpc) is 3.11. The van der Waals surface area contributed by atoms with Crippen molar-refractivity contribution in [3.8, 4) is 0 Å². The number of aromatic amines is 1. The Morgan fingerprint density at radius 1 is 1.20 bits per heavy atom. The molecule has 0 unspecified atom stereocenters. The van der Waals surface area contributed by atoms with Crippen LogP contribution in [0.2, 0.25) is 0 Å². The van der Waals surface area contributed by atoms with Crippen molar-refractivity contribution < 1.29 is 19.1 Å². The molecule has 2 fully saturated rings. The van der Waals surface area contributed by atoms with Crippen molar-refractivity contribution in [2.24, 2.45) is 11.8 Å². The Morgan fingerprint density at radius 3 is 2.77 bits per heavy atom. The number of carboxylic acids is 1. The topological polar surface area (TPSA) is 98.3 Å². The van der Waals surface area contributed by atoms with E-state index in [2.05, 4.69) is 15.3 Å². The molecule has 4 rings (SSSR count). The van der Waals surface area contributed by atoms with Crippen molar-refractivity contribution in [3.05, 3.63) is 29.8 Å². The summed E-state index contributed by atoms with van der Waals surface area (Å²) in [6.45, 7) is 1.07. The molecule has 3 N–H and O–H groups in total. The first-order valence-corrected chi connectivity index (χ1v) is 10.9. The van der Waals surface area contributed by atoms with Crippen molar-refractivity contribution >= 4 is 23.0 Å². The van der Waals surface area contributed by atoms with E-state index in [1.54, 1.807) is 6.07 Å². The van der Waals surface area contributed by atoms with Crippen LogP contribution in [-0.2, 0) is 11.2 Å². The summed E-state index contributed by atoms with van der Waals surface area (Å²) < 4.78 is 13.5. The first-order chi connectivity index (χ1) is 14.5. The van der Waals surface area contributed by atoms with Gasteiger partial charge in [0.15, 0.2) is 0 Å². The zero-order valence-electron chi connectivity index (χ0n) is 17.1. The summed E-state index contributed by atoms with van der Waals surface area (Å²) in [6, 6.07) is 4.60. The molecule has 2 aromatic rings. The van der Waals surface area contributed by atoms with Crippen LogP contribution in [0.1, 0.15) is 50.8 Å². The lowest BCUT2D eigenvalue weighted by Crippen LogP contribution is -2.51. The fraction of sp³-hybridized carbons (Fsp3) is 0.591. The van der Waals surface area contributed by atoms with Gasteiger partial charge >= 0.3 is 12.0 Å². The highest BCUT2D eigenvalue weighted by Gasteiger charge is 2.34. The Labute approximate surface area is 175 Å². The second-order valence-electron chi connectivity index (χ2n) is 8.69. The molecule has 1 aliphatic carbocycles. The van der Waals surface area contributed by atoms with Gasteiger partial charge in [-0.2, -0.15) is 0 Å². The molecule has 8 heteroatoms. The molecule has 0 spiro atoms. The van der Waals surface area contributed by atoms with E-state index in [4.69, 9.17) is 0 Å². The van der Waals surface area contributed by atoms with E-state index in [1.807, 2.05) is 4.90 Å². The number of aromatic nitrogens is 2. The molecular weight excluding hydrogens is 387 g/mol. The summed E-state index contributed by atoms with van der Waals surface area (Å²) in [6.07, 6.45) is 6.86. The Kier molecular flexibility index (Phi) is 6.20. The SMILES string of the molecule is O=C(O)C[C@@H]1CCN(C(=O)NC2CCCCC2)C[C@@H]1Cc1nc2ccc(F)cc2[nH]1. The standard InChI is InChI=1S/C22H29FN4O3/c23-16-6-7-18-19(12-16)26-20(25-18)10-15-13-27(9-8-14(15)11-21(28)29)22(30)24-17-4-2-1-3-5-17/h6-7,12,14-15,17H,1-5,8-11,13H2,(H,24,30)(H,25,26)(H,28,29)/t14-,15-/m0/s1. The van der Waals surface area contributed by atoms with Crippen molar-refractivity contribution in [1.82, 2.24) is 20.2 Å². The first kappa shape index (κ1) is 20.6. The Balaban J connectivity index is 1.45. The van der Waals surface area contributed by atoms with Gasteiger partial charge in [-0.05, 0) is 49.3 Å². The number of aliphatic carboxylic acids is 1. The van der Waals surface area contributed by atoms with Gasteiger partial charge in [0.05, 0.1) is 11.0 Å². The highest BCUT2D eigenvalue weighted by atomic mass is 19.1. The minimum absolute atomic E-state index is 0.0163. The van der Waals surface area contributed by atoms with Crippen molar-refractivity contribution in [2.45, 2.75) is 57.4 Å². The van der Waals surface area contributed by atoms with E-state index in [-0.39, 0.29) is 36.1 Å². The number of H-pyrrole nitrogens is 1. The molecule has 7 nitrogen and oxygen atoms in total. The van der Waals surface area contributed by atoms with Crippen molar-refractivity contribution in [3.63, 3.8) is 0 Å². The number of hydrogen-bond acceptors (Lipinski definition) is 3. The fourth-order valence-corrected chi connectivity index (χ4v) is 4.88. The third-order valence-corrected chi connectivity index (χ3v) is 6.50. The molecule has 1 aromatic heterocycles. The number of amides is 2. The maximum Gasteiger partial charge on any atom is 0.317 e. The Bertz CT molecular complexity index is 909. The maximum absolute atomic E-state index is 13.5. The number of fused-ring (bicyclic) bond motifs is 1. The molecular formula is C22H29FN4O3. The normalized spacial score (nSPS) is 22.9. The molecule has 1 saturated carbocycles. The molecule has 2 atom stereocenters. The number of nitrogens with one attached hydrogen (secondary N) is 2. The van der Waals surface area contributed by atoms with Gasteiger partial charge in [0, 0.05) is 32.0 Å². The van der Waals surface area contributed by atoms with Crippen LogP contribution in [0.3, 0.4) is 0 Å². The number of benzene rings is 1. The second-order valence-corrected chi connectivity index (χ2v) is 8.69. The second kappa shape index (κ2) is 9.02. The van der Waals surface area contributed by atoms with Gasteiger partial charge in [-0.1, -0.05) is 19.3 Å². The summed E-state index contributed by atoms with van der Waals surface area (Å²) in [5, 5.41) is 12.5. The van der Waals surface area contributed by atoms with Gasteiger partial charge in [-0.25, -0.2) is 14.2 Å². The predicted molar refractivity (Wildman–Crippen MR) is 111 cm³/mol. The summed E-state index contributed by atoms with van der Waals surface area (Å²) in [4.78, 5) is 33.7. The van der Waals surface area contributed by atoms with Gasteiger partial charge in [-0.3, -0.25) is 4.79 Å². The quantitative estimate of drug-likeness (QED) is 0.692. The van der Waals surface area contributed by atoms with Crippen LogP contribution in [0.4, 0.5) is 9.18 Å². The average molecular weight is 416 g/mol. The van der Waals surface area contributed by atoms with Crippen LogP contribution >= 0.6 is 0 Å². The third-order valence-electron chi connectivity index (χ3n) is 6.50. The van der Waals surface area contributed by atoms with Crippen LogP contribution in [-0.4, -0.2) is 51.1 Å². The highest BCUT2D eigenvalue weighted by molar-refractivity contribution is 5.75. The van der Waals surface area contributed by atoms with E-state index in [1.165, 1.54) is 18.6 Å². The summed E-state index contributed by atoms with van der Waals surface area (Å²) >= 11 is 0. The predicted octanol–water partition coefficient (Wildman–Crippen LogP) is 3.70. The van der Waals surface area contributed by atoms with E-state index in [0.29, 0.717) is 42.8 Å². The lowest BCUT2D eigenvalue weighted by Gasteiger charge is -2.38. The van der Waals surface area contributed by atoms with Crippen LogP contribution in [0, 0.1) is 17.7 Å². The van der Waals surface area contributed by atoms with Gasteiger partial charge in [-0.15, -0.1) is 0 Å². The van der Waals surface area contributed by atoms with Gasteiger partial charge in [0.1, 0.15) is 11.6 Å². The molecule has 162 valence electrons. The zero-order valence-corrected chi connectivity index (χ0v) is 17.1. The van der Waals surface area contributed by atoms with Crippen LogP contribution < -0.4 is 5.32 Å². The van der Waals surface area contributed by atoms with Gasteiger partial charge in [0.25, 0.3) is 0 Å². The fourth-order valence-electron chi connectivity index (χ4n) is 4.88. The number of carboxylic acid groups (broad SMARTS) is 1. The largest absolute Gasteiger partial charge is 0.481 e. The highest BCUT2D eigenvalue weighted by Crippen LogP contribution is 2.30. The van der Waals surface area contributed by atoms with Gasteiger partial charge < -0.3 is 20.3 Å². The Hall–Kier alpha value is -2.64. The molecule has 1 saturated heterocycles. The van der Waals surface area contributed by atoms with E-state index in [0.717, 1.165) is 25.7 Å². The summed E-state index contributed by atoms with van der Waals surface area (Å²) in [5.41, 5.74) is 1.31. The number of urea groups is 1. The lowest BCUT2D eigenvalue weighted by molar-refractivity contribution is -0.139. The number of carbonyl (C=O) groups excluding carboxylic acids is 1. The zero-order chi connectivity index (χ0) is 21.1. The number of rotatable bonds is 5. The molecule has 0 radical (unpaired) electrons. The molecule has 0 bridgehead atoms. The minimum Gasteiger partial charge on any atom is -0.481 e. The smallest absolute Gasteiger partial charge is 0.317 e. The lowest BCUT2D eigenvalue weighted by atomic mass is 9.81. The summed E-state index contributed by atoms with van der Waals surface area (Å²) in [7, 11) is 0. The maximum atomic E-state index is 13.5. The van der Waals surface area contributed by atoms with Crippen LogP contribution in [0.25, 0.3) is 11.0 Å². The van der Waals surface area contributed by atoms with Gasteiger partial charge in [0.2, 0.25) is 0 Å². The van der Waals surface area contributed by atoms with E-state index >= 15 is 0 Å². The molecule has 2 amide bonds. The van der Waals surface area contributed by atoms with E-state index < -0.39 is 5.97 Å². The number of nitrogens with zero attached hydrogens (tertiary/aromatic N) is 2. The molecule has 2 aliphatic rings. The number of carbonyl (C=O) groups is 2. The molecule has 1 aromatic carbocycles. The van der Waals surface area contributed by atoms with E-state index in [9.17, 15) is 19.1 Å². The van der Waals surface area contributed by atoms with Crippen molar-refractivity contribution in [1.29, 1.82) is 0 Å². The van der Waals surface area contributed by atoms with Crippen LogP contribution in [0.15, 0.2) is 18.2 Å². The van der Waals surface area contributed by atoms with Crippen LogP contribution in [0.5, 0.6) is 0 Å². The monoisotopic (exact) mass is 416 g/mol. The number of imidazole rings is 1. The number of hydrogen-bond donors (Lipinski definition) is 3. The summed E-state index contributed by atoms with van der Waals surface area (Å²) in [5.74, 6) is -0.490. The number of likely N-dealkylation sites (tertiary alicyclic amines) is 1. The Morgan fingerprint density at radius 2 is 2.00 bits per heavy atom. The number of halogens is 1. The third kappa shape index (κ3) is 4.91. The van der Waals surface area contributed by atoms with Crippen molar-refractivity contribution in [2.75, 3.05) is 13.1 Å². The molecule has 30 heavy (non-hydrogen) atoms. The molecule has 2 heterocycles. The minimum atomic E-state index is -0.822. The molecule has 1 aliphatic heterocycles.